The van der Waals surface area contributed by atoms with Gasteiger partial charge in [0.1, 0.15) is 11.3 Å². The average molecular weight is 340 g/mol. The van der Waals surface area contributed by atoms with Gasteiger partial charge in [0.15, 0.2) is 6.61 Å². The minimum Gasteiger partial charge on any atom is -0.507 e. The highest BCUT2D eigenvalue weighted by atomic mass is 35.5. The van der Waals surface area contributed by atoms with Crippen molar-refractivity contribution in [3.63, 3.8) is 0 Å². The molecule has 1 amide bonds. The molecule has 0 saturated heterocycles. The molecule has 7 heteroatoms. The lowest BCUT2D eigenvalue weighted by atomic mass is 10.2. The quantitative estimate of drug-likeness (QED) is 0.836. The Balaban J connectivity index is 1.90. The lowest BCUT2D eigenvalue weighted by molar-refractivity contribution is -0.119. The number of anilines is 1. The molecule has 2 aromatic rings. The number of phenols is 1. The van der Waals surface area contributed by atoms with Crippen LogP contribution < -0.4 is 5.32 Å². The number of hydrogen-bond donors (Lipinski definition) is 2. The number of aromatic hydroxyl groups is 1. The standard InChI is InChI=1S/C15H11Cl2NO4/c16-9-1-4-11(5-2-9)18-14(20)8-22-15(21)12-6-3-10(17)7-13(12)19/h1-7,19H,8H2,(H,18,20). The van der Waals surface area contributed by atoms with Crippen LogP contribution in [0.5, 0.6) is 5.75 Å². The third kappa shape index (κ3) is 4.38. The number of carbonyl (C=O) groups excluding carboxylic acids is 2. The number of carbonyl (C=O) groups is 2. The fourth-order valence-electron chi connectivity index (χ4n) is 1.62. The molecule has 2 aromatic carbocycles. The van der Waals surface area contributed by atoms with E-state index in [1.807, 2.05) is 0 Å². The third-order valence-corrected chi connectivity index (χ3v) is 3.13. The van der Waals surface area contributed by atoms with Crippen molar-refractivity contribution < 1.29 is 19.4 Å². The van der Waals surface area contributed by atoms with E-state index in [4.69, 9.17) is 27.9 Å². The van der Waals surface area contributed by atoms with Crippen LogP contribution in [0.1, 0.15) is 10.4 Å². The van der Waals surface area contributed by atoms with Crippen LogP contribution in [0.2, 0.25) is 10.0 Å². The summed E-state index contributed by atoms with van der Waals surface area (Å²) in [5, 5.41) is 13.0. The van der Waals surface area contributed by atoms with E-state index in [1.165, 1.54) is 18.2 Å². The highest BCUT2D eigenvalue weighted by molar-refractivity contribution is 6.31. The van der Waals surface area contributed by atoms with Crippen LogP contribution >= 0.6 is 23.2 Å². The zero-order valence-electron chi connectivity index (χ0n) is 11.2. The molecule has 2 N–H and O–H groups in total. The third-order valence-electron chi connectivity index (χ3n) is 2.64. The lowest BCUT2D eigenvalue weighted by Crippen LogP contribution is -2.20. The zero-order chi connectivity index (χ0) is 16.1. The van der Waals surface area contributed by atoms with E-state index in [2.05, 4.69) is 5.32 Å². The Morgan fingerprint density at radius 1 is 1.05 bits per heavy atom. The maximum absolute atomic E-state index is 11.8. The van der Waals surface area contributed by atoms with Crippen LogP contribution in [-0.2, 0) is 9.53 Å². The number of hydrogen-bond acceptors (Lipinski definition) is 4. The number of phenolic OH excluding ortho intramolecular Hbond substituents is 1. The second-order valence-electron chi connectivity index (χ2n) is 4.29. The summed E-state index contributed by atoms with van der Waals surface area (Å²) in [6, 6.07) is 10.4. The first-order chi connectivity index (χ1) is 10.5. The van der Waals surface area contributed by atoms with Gasteiger partial charge in [0, 0.05) is 15.7 Å². The topological polar surface area (TPSA) is 75.6 Å². The van der Waals surface area contributed by atoms with E-state index in [-0.39, 0.29) is 16.3 Å². The number of rotatable bonds is 4. The van der Waals surface area contributed by atoms with Crippen molar-refractivity contribution in [2.24, 2.45) is 0 Å². The number of amides is 1. The maximum atomic E-state index is 11.8. The van der Waals surface area contributed by atoms with Crippen molar-refractivity contribution >= 4 is 40.8 Å². The largest absolute Gasteiger partial charge is 0.507 e. The molecule has 0 aromatic heterocycles. The Morgan fingerprint density at radius 2 is 1.68 bits per heavy atom. The van der Waals surface area contributed by atoms with Gasteiger partial charge in [-0.2, -0.15) is 0 Å². The number of ether oxygens (including phenoxy) is 1. The Bertz CT molecular complexity index is 701. The molecular formula is C15H11Cl2NO4. The zero-order valence-corrected chi connectivity index (χ0v) is 12.7. The Labute approximate surface area is 136 Å². The van der Waals surface area contributed by atoms with Crippen LogP contribution in [0, 0.1) is 0 Å². The molecular weight excluding hydrogens is 329 g/mol. The number of benzene rings is 2. The summed E-state index contributed by atoms with van der Waals surface area (Å²) >= 11 is 11.4. The van der Waals surface area contributed by atoms with Gasteiger partial charge in [0.2, 0.25) is 0 Å². The number of halogens is 2. The fourth-order valence-corrected chi connectivity index (χ4v) is 1.91. The van der Waals surface area contributed by atoms with Crippen LogP contribution in [0.15, 0.2) is 42.5 Å². The van der Waals surface area contributed by atoms with Gasteiger partial charge >= 0.3 is 5.97 Å². The van der Waals surface area contributed by atoms with Crippen LogP contribution in [0.25, 0.3) is 0 Å². The van der Waals surface area contributed by atoms with Gasteiger partial charge in [-0.05, 0) is 42.5 Å². The highest BCUT2D eigenvalue weighted by Crippen LogP contribution is 2.22. The molecule has 114 valence electrons. The maximum Gasteiger partial charge on any atom is 0.342 e. The number of nitrogens with one attached hydrogen (secondary N) is 1. The number of esters is 1. The minimum atomic E-state index is -0.819. The molecule has 0 atom stereocenters. The molecule has 2 rings (SSSR count). The molecule has 0 aliphatic carbocycles. The SMILES string of the molecule is O=C(COC(=O)c1ccc(Cl)cc1O)Nc1ccc(Cl)cc1. The van der Waals surface area contributed by atoms with Gasteiger partial charge in [0.25, 0.3) is 5.91 Å². The smallest absolute Gasteiger partial charge is 0.342 e. The average Bonchev–Trinajstić information content (AvgIpc) is 2.47. The first kappa shape index (κ1) is 16.1. The fraction of sp³-hybridized carbons (Fsp3) is 0.0667. The summed E-state index contributed by atoms with van der Waals surface area (Å²) in [6.07, 6.45) is 0. The van der Waals surface area contributed by atoms with E-state index < -0.39 is 18.5 Å². The molecule has 0 unspecified atom stereocenters. The predicted molar refractivity (Wildman–Crippen MR) is 83.5 cm³/mol. The molecule has 0 bridgehead atoms. The van der Waals surface area contributed by atoms with Gasteiger partial charge in [0.05, 0.1) is 0 Å². The van der Waals surface area contributed by atoms with Crippen molar-refractivity contribution in [2.75, 3.05) is 11.9 Å². The predicted octanol–water partition coefficient (Wildman–Crippen LogP) is 3.49. The van der Waals surface area contributed by atoms with Crippen molar-refractivity contribution in [3.05, 3.63) is 58.1 Å². The van der Waals surface area contributed by atoms with E-state index in [0.717, 1.165) is 0 Å². The van der Waals surface area contributed by atoms with Gasteiger partial charge in [-0.25, -0.2) is 4.79 Å². The first-order valence-corrected chi connectivity index (χ1v) is 6.92. The van der Waals surface area contributed by atoms with Gasteiger partial charge in [-0.1, -0.05) is 23.2 Å². The lowest BCUT2D eigenvalue weighted by Gasteiger charge is -2.07. The highest BCUT2D eigenvalue weighted by Gasteiger charge is 2.14. The summed E-state index contributed by atoms with van der Waals surface area (Å²) in [5.74, 6) is -1.64. The van der Waals surface area contributed by atoms with E-state index in [0.29, 0.717) is 10.7 Å². The summed E-state index contributed by atoms with van der Waals surface area (Å²) in [6.45, 7) is -0.483. The normalized spacial score (nSPS) is 10.1. The van der Waals surface area contributed by atoms with Crippen LogP contribution in [0.3, 0.4) is 0 Å². The molecule has 0 saturated carbocycles. The van der Waals surface area contributed by atoms with Crippen molar-refractivity contribution in [1.82, 2.24) is 0 Å². The second kappa shape index (κ2) is 7.15. The molecule has 22 heavy (non-hydrogen) atoms. The monoisotopic (exact) mass is 339 g/mol. The van der Waals surface area contributed by atoms with Crippen molar-refractivity contribution in [1.29, 1.82) is 0 Å². The summed E-state index contributed by atoms with van der Waals surface area (Å²) in [4.78, 5) is 23.4. The first-order valence-electron chi connectivity index (χ1n) is 6.17. The molecule has 0 aliphatic rings. The van der Waals surface area contributed by atoms with Crippen molar-refractivity contribution in [3.8, 4) is 5.75 Å². The Kier molecular flexibility index (Phi) is 5.25. The minimum absolute atomic E-state index is 0.0660. The van der Waals surface area contributed by atoms with Gasteiger partial charge in [-0.15, -0.1) is 0 Å². The molecule has 5 nitrogen and oxygen atoms in total. The Morgan fingerprint density at radius 3 is 2.32 bits per heavy atom. The summed E-state index contributed by atoms with van der Waals surface area (Å²) < 4.78 is 4.83. The van der Waals surface area contributed by atoms with Crippen LogP contribution in [0.4, 0.5) is 5.69 Å². The summed E-state index contributed by atoms with van der Waals surface area (Å²) in [7, 11) is 0. The van der Waals surface area contributed by atoms with E-state index in [1.54, 1.807) is 24.3 Å². The molecule has 0 spiro atoms. The molecule has 0 fully saturated rings. The molecule has 0 aliphatic heterocycles. The molecule has 0 radical (unpaired) electrons. The van der Waals surface area contributed by atoms with Gasteiger partial charge < -0.3 is 15.2 Å². The summed E-state index contributed by atoms with van der Waals surface area (Å²) in [5.41, 5.74) is 0.462. The second-order valence-corrected chi connectivity index (χ2v) is 5.17. The van der Waals surface area contributed by atoms with Gasteiger partial charge in [-0.3, -0.25) is 4.79 Å². The molecule has 0 heterocycles. The Hall–Kier alpha value is -2.24. The van der Waals surface area contributed by atoms with Crippen molar-refractivity contribution in [2.45, 2.75) is 0 Å². The van der Waals surface area contributed by atoms with Crippen LogP contribution in [-0.4, -0.2) is 23.6 Å². The van der Waals surface area contributed by atoms with E-state index in [9.17, 15) is 14.7 Å². The van der Waals surface area contributed by atoms with E-state index >= 15 is 0 Å².